The van der Waals surface area contributed by atoms with Crippen molar-refractivity contribution in [1.29, 1.82) is 0 Å². The molecule has 0 saturated carbocycles. The number of nitrogens with zero attached hydrogens (tertiary/aromatic N) is 1. The molecule has 3 rings (SSSR count). The summed E-state index contributed by atoms with van der Waals surface area (Å²) in [5.74, 6) is 0.879. The van der Waals surface area contributed by atoms with Crippen LogP contribution in [-0.4, -0.2) is 17.3 Å². The van der Waals surface area contributed by atoms with Crippen LogP contribution in [0.3, 0.4) is 0 Å². The fourth-order valence-corrected chi connectivity index (χ4v) is 3.00. The fourth-order valence-electron chi connectivity index (χ4n) is 2.43. The van der Waals surface area contributed by atoms with Gasteiger partial charge in [0.2, 0.25) is 5.91 Å². The number of para-hydroxylation sites is 2. The third-order valence-electron chi connectivity index (χ3n) is 3.47. The van der Waals surface area contributed by atoms with Crippen LogP contribution in [-0.2, 0) is 11.4 Å². The van der Waals surface area contributed by atoms with Crippen molar-refractivity contribution >= 4 is 27.5 Å². The van der Waals surface area contributed by atoms with Crippen LogP contribution in [0.25, 0.3) is 0 Å². The summed E-state index contributed by atoms with van der Waals surface area (Å²) in [6.45, 7) is 1.18. The second-order valence-electron chi connectivity index (χ2n) is 5.05. The molecule has 21 heavy (non-hydrogen) atoms. The summed E-state index contributed by atoms with van der Waals surface area (Å²) >= 11 is 3.51. The van der Waals surface area contributed by atoms with E-state index in [1.807, 2.05) is 54.6 Å². The lowest BCUT2D eigenvalue weighted by Gasteiger charge is -2.20. The van der Waals surface area contributed by atoms with Gasteiger partial charge in [-0.1, -0.05) is 58.4 Å². The predicted octanol–water partition coefficient (Wildman–Crippen LogP) is 3.77. The van der Waals surface area contributed by atoms with Crippen LogP contribution in [0, 0.1) is 0 Å². The number of hydrogen-bond acceptors (Lipinski definition) is 2. The van der Waals surface area contributed by atoms with Gasteiger partial charge in [0.25, 0.3) is 0 Å². The quantitative estimate of drug-likeness (QED) is 0.789. The van der Waals surface area contributed by atoms with Gasteiger partial charge < -0.3 is 9.64 Å². The molecule has 2 aromatic rings. The number of benzene rings is 2. The van der Waals surface area contributed by atoms with E-state index in [-0.39, 0.29) is 10.7 Å². The molecule has 108 valence electrons. The Morgan fingerprint density at radius 3 is 2.52 bits per heavy atom. The molecular weight excluding hydrogens is 330 g/mol. The summed E-state index contributed by atoms with van der Waals surface area (Å²) in [6, 6.07) is 17.7. The zero-order valence-corrected chi connectivity index (χ0v) is 13.1. The van der Waals surface area contributed by atoms with E-state index in [1.165, 1.54) is 0 Å². The number of alkyl halides is 1. The Balaban J connectivity index is 1.78. The number of carbonyl (C=O) groups excluding carboxylic acids is 1. The SMILES string of the molecule is O=C1CC(Br)CN1c1ccccc1OCc1ccccc1. The van der Waals surface area contributed by atoms with Gasteiger partial charge in [-0.25, -0.2) is 0 Å². The monoisotopic (exact) mass is 345 g/mol. The van der Waals surface area contributed by atoms with E-state index in [0.717, 1.165) is 17.0 Å². The van der Waals surface area contributed by atoms with Gasteiger partial charge in [-0.3, -0.25) is 4.79 Å². The zero-order valence-electron chi connectivity index (χ0n) is 11.5. The van der Waals surface area contributed by atoms with Gasteiger partial charge in [0.1, 0.15) is 12.4 Å². The number of halogens is 1. The minimum Gasteiger partial charge on any atom is -0.487 e. The summed E-state index contributed by atoms with van der Waals surface area (Å²) in [5, 5.41) is 0. The molecule has 1 unspecified atom stereocenters. The van der Waals surface area contributed by atoms with Gasteiger partial charge in [-0.2, -0.15) is 0 Å². The van der Waals surface area contributed by atoms with E-state index >= 15 is 0 Å². The molecule has 1 aliphatic heterocycles. The van der Waals surface area contributed by atoms with Crippen LogP contribution in [0.1, 0.15) is 12.0 Å². The molecule has 1 amide bonds. The van der Waals surface area contributed by atoms with Gasteiger partial charge in [-0.15, -0.1) is 0 Å². The highest BCUT2D eigenvalue weighted by Crippen LogP contribution is 2.33. The van der Waals surface area contributed by atoms with Crippen molar-refractivity contribution in [3.63, 3.8) is 0 Å². The maximum absolute atomic E-state index is 12.1. The highest BCUT2D eigenvalue weighted by Gasteiger charge is 2.30. The third kappa shape index (κ3) is 3.27. The largest absolute Gasteiger partial charge is 0.487 e. The minimum absolute atomic E-state index is 0.132. The van der Waals surface area contributed by atoms with Crippen molar-refractivity contribution in [2.24, 2.45) is 0 Å². The van der Waals surface area contributed by atoms with Crippen LogP contribution in [0.15, 0.2) is 54.6 Å². The molecule has 1 heterocycles. The summed E-state index contributed by atoms with van der Waals surface area (Å²) < 4.78 is 5.91. The molecule has 3 nitrogen and oxygen atoms in total. The van der Waals surface area contributed by atoms with Gasteiger partial charge in [-0.05, 0) is 17.7 Å². The van der Waals surface area contributed by atoms with Gasteiger partial charge in [0.15, 0.2) is 0 Å². The normalized spacial score (nSPS) is 18.0. The smallest absolute Gasteiger partial charge is 0.228 e. The van der Waals surface area contributed by atoms with Crippen LogP contribution in [0.4, 0.5) is 5.69 Å². The van der Waals surface area contributed by atoms with Crippen LogP contribution < -0.4 is 9.64 Å². The van der Waals surface area contributed by atoms with E-state index in [4.69, 9.17) is 4.74 Å². The molecule has 4 heteroatoms. The molecule has 0 aromatic heterocycles. The summed E-state index contributed by atoms with van der Waals surface area (Å²) in [6.07, 6.45) is 0.535. The molecule has 1 aliphatic rings. The highest BCUT2D eigenvalue weighted by molar-refractivity contribution is 9.09. The molecule has 1 saturated heterocycles. The number of amides is 1. The lowest BCUT2D eigenvalue weighted by molar-refractivity contribution is -0.117. The number of hydrogen-bond donors (Lipinski definition) is 0. The molecule has 0 aliphatic carbocycles. The van der Waals surface area contributed by atoms with Crippen LogP contribution >= 0.6 is 15.9 Å². The molecule has 1 fully saturated rings. The van der Waals surface area contributed by atoms with E-state index < -0.39 is 0 Å². The lowest BCUT2D eigenvalue weighted by atomic mass is 10.2. The first-order valence-corrected chi connectivity index (χ1v) is 7.86. The first-order chi connectivity index (χ1) is 10.2. The Labute approximate surface area is 132 Å². The average Bonchev–Trinajstić information content (AvgIpc) is 2.85. The Hall–Kier alpha value is -1.81. The van der Waals surface area contributed by atoms with Crippen molar-refractivity contribution in [3.05, 3.63) is 60.2 Å². The second-order valence-corrected chi connectivity index (χ2v) is 6.34. The Kier molecular flexibility index (Phi) is 4.25. The number of anilines is 1. The molecule has 1 atom stereocenters. The fraction of sp³-hybridized carbons (Fsp3) is 0.235. The molecule has 0 N–H and O–H groups in total. The topological polar surface area (TPSA) is 29.5 Å². The van der Waals surface area contributed by atoms with E-state index in [1.54, 1.807) is 4.90 Å². The van der Waals surface area contributed by atoms with E-state index in [0.29, 0.717) is 19.6 Å². The van der Waals surface area contributed by atoms with Crippen LogP contribution in [0.2, 0.25) is 0 Å². The predicted molar refractivity (Wildman–Crippen MR) is 86.9 cm³/mol. The average molecular weight is 346 g/mol. The van der Waals surface area contributed by atoms with Crippen molar-refractivity contribution in [3.8, 4) is 5.75 Å². The standard InChI is InChI=1S/C17H16BrNO2/c18-14-10-17(20)19(11-14)15-8-4-5-9-16(15)21-12-13-6-2-1-3-7-13/h1-9,14H,10-12H2. The second kappa shape index (κ2) is 6.31. The van der Waals surface area contributed by atoms with E-state index in [2.05, 4.69) is 15.9 Å². The molecule has 0 radical (unpaired) electrons. The first-order valence-electron chi connectivity index (χ1n) is 6.94. The zero-order chi connectivity index (χ0) is 14.7. The van der Waals surface area contributed by atoms with Crippen molar-refractivity contribution in [1.82, 2.24) is 0 Å². The lowest BCUT2D eigenvalue weighted by Crippen LogP contribution is -2.25. The maximum atomic E-state index is 12.1. The first kappa shape index (κ1) is 14.1. The van der Waals surface area contributed by atoms with Crippen molar-refractivity contribution in [2.45, 2.75) is 17.9 Å². The van der Waals surface area contributed by atoms with Crippen LogP contribution in [0.5, 0.6) is 5.75 Å². The number of carbonyl (C=O) groups is 1. The van der Waals surface area contributed by atoms with Crippen molar-refractivity contribution < 1.29 is 9.53 Å². The highest BCUT2D eigenvalue weighted by atomic mass is 79.9. The minimum atomic E-state index is 0.132. The van der Waals surface area contributed by atoms with Crippen molar-refractivity contribution in [2.75, 3.05) is 11.4 Å². The summed E-state index contributed by atoms with van der Waals surface area (Å²) in [5.41, 5.74) is 1.96. The third-order valence-corrected chi connectivity index (χ3v) is 4.08. The van der Waals surface area contributed by atoms with Gasteiger partial charge in [0.05, 0.1) is 5.69 Å². The Bertz CT molecular complexity index is 630. The molecule has 0 spiro atoms. The summed E-state index contributed by atoms with van der Waals surface area (Å²) in [4.78, 5) is 14.1. The molecular formula is C17H16BrNO2. The Morgan fingerprint density at radius 2 is 1.81 bits per heavy atom. The number of rotatable bonds is 4. The van der Waals surface area contributed by atoms with E-state index in [9.17, 15) is 4.79 Å². The summed E-state index contributed by atoms with van der Waals surface area (Å²) in [7, 11) is 0. The van der Waals surface area contributed by atoms with Gasteiger partial charge in [0, 0.05) is 17.8 Å². The number of ether oxygens (including phenoxy) is 1. The molecule has 2 aromatic carbocycles. The van der Waals surface area contributed by atoms with Gasteiger partial charge >= 0.3 is 0 Å². The Morgan fingerprint density at radius 1 is 1.10 bits per heavy atom. The molecule has 0 bridgehead atoms. The maximum Gasteiger partial charge on any atom is 0.228 e.